The summed E-state index contributed by atoms with van der Waals surface area (Å²) in [7, 11) is 0. The minimum Gasteiger partial charge on any atom is -0.395 e. The van der Waals surface area contributed by atoms with Gasteiger partial charge in [0.05, 0.1) is 24.0 Å². The third kappa shape index (κ3) is 4.14. The second-order valence-electron chi connectivity index (χ2n) is 10.5. The summed E-state index contributed by atoms with van der Waals surface area (Å²) >= 11 is 0. The van der Waals surface area contributed by atoms with Crippen LogP contribution in [0.3, 0.4) is 0 Å². The zero-order valence-electron chi connectivity index (χ0n) is 22.1. The van der Waals surface area contributed by atoms with E-state index < -0.39 is 29.1 Å². The SMILES string of the molecule is CCN(CC)c1ccc(NC(=O)C2N(CCO)C(=O)[C@@H]3[C@@H](C(=O)Nc4ccccc4)[C@@]4(C)CCC23O4)cc1. The predicted octanol–water partition coefficient (Wildman–Crippen LogP) is 2.87. The summed E-state index contributed by atoms with van der Waals surface area (Å²) in [6.45, 7) is 7.49. The molecule has 3 aliphatic rings. The molecule has 0 saturated carbocycles. The number of anilines is 3. The number of ether oxygens (including phenoxy) is 1. The van der Waals surface area contributed by atoms with Crippen molar-refractivity contribution in [3.63, 3.8) is 0 Å². The Morgan fingerprint density at radius 1 is 1.00 bits per heavy atom. The number of benzene rings is 2. The van der Waals surface area contributed by atoms with Crippen molar-refractivity contribution >= 4 is 34.8 Å². The number of fused-ring (bicyclic) bond motifs is 1. The normalized spacial score (nSPS) is 29.3. The van der Waals surface area contributed by atoms with Gasteiger partial charge in [-0.25, -0.2) is 0 Å². The molecule has 2 aromatic carbocycles. The van der Waals surface area contributed by atoms with E-state index in [4.69, 9.17) is 4.74 Å². The van der Waals surface area contributed by atoms with E-state index in [-0.39, 0.29) is 30.9 Å². The van der Waals surface area contributed by atoms with Crippen LogP contribution in [-0.4, -0.2) is 71.2 Å². The van der Waals surface area contributed by atoms with E-state index in [1.807, 2.05) is 49.4 Å². The van der Waals surface area contributed by atoms with Gasteiger partial charge in [0.1, 0.15) is 11.6 Å². The summed E-state index contributed by atoms with van der Waals surface area (Å²) in [6, 6.07) is 15.8. The predicted molar refractivity (Wildman–Crippen MR) is 145 cm³/mol. The molecular weight excluding hydrogens is 484 g/mol. The van der Waals surface area contributed by atoms with E-state index in [1.54, 1.807) is 12.1 Å². The number of aliphatic hydroxyl groups is 1. The summed E-state index contributed by atoms with van der Waals surface area (Å²) in [5.41, 5.74) is 0.305. The molecule has 3 amide bonds. The highest BCUT2D eigenvalue weighted by Crippen LogP contribution is 2.63. The van der Waals surface area contributed by atoms with Crippen LogP contribution in [0.5, 0.6) is 0 Å². The van der Waals surface area contributed by atoms with E-state index in [2.05, 4.69) is 29.4 Å². The van der Waals surface area contributed by atoms with Gasteiger partial charge in [-0.15, -0.1) is 0 Å². The summed E-state index contributed by atoms with van der Waals surface area (Å²) in [4.78, 5) is 44.7. The molecule has 5 rings (SSSR count). The highest BCUT2D eigenvalue weighted by atomic mass is 16.5. The number of likely N-dealkylation sites (tertiary alicyclic amines) is 1. The van der Waals surface area contributed by atoms with Gasteiger partial charge in [-0.05, 0) is 70.0 Å². The van der Waals surface area contributed by atoms with Gasteiger partial charge in [-0.3, -0.25) is 14.4 Å². The molecule has 0 radical (unpaired) electrons. The second kappa shape index (κ2) is 10.0. The zero-order chi connectivity index (χ0) is 27.1. The van der Waals surface area contributed by atoms with Crippen LogP contribution in [0, 0.1) is 11.8 Å². The van der Waals surface area contributed by atoms with Crippen LogP contribution in [0.4, 0.5) is 17.1 Å². The Morgan fingerprint density at radius 2 is 1.63 bits per heavy atom. The molecule has 202 valence electrons. The van der Waals surface area contributed by atoms with Gasteiger partial charge >= 0.3 is 0 Å². The first-order valence-corrected chi connectivity index (χ1v) is 13.4. The molecule has 3 heterocycles. The van der Waals surface area contributed by atoms with Crippen molar-refractivity contribution in [2.24, 2.45) is 11.8 Å². The van der Waals surface area contributed by atoms with E-state index in [9.17, 15) is 19.5 Å². The maximum Gasteiger partial charge on any atom is 0.250 e. The van der Waals surface area contributed by atoms with Gasteiger partial charge < -0.3 is 30.3 Å². The standard InChI is InChI=1S/C29H36N4O5/c1-4-32(5-2)21-13-11-20(12-14-21)31-26(36)24-29-16-15-28(3,38-29)22(23(29)27(37)33(24)17-18-34)25(35)30-19-9-7-6-8-10-19/h6-14,22-24,34H,4-5,15-18H2,1-3H3,(H,30,35)(H,31,36)/t22-,23-,24?,28+,29?/m0/s1. The fraction of sp³-hybridized carbons (Fsp3) is 0.483. The number of para-hydroxylation sites is 1. The number of rotatable bonds is 9. The van der Waals surface area contributed by atoms with Crippen molar-refractivity contribution in [2.75, 3.05) is 41.8 Å². The van der Waals surface area contributed by atoms with Crippen molar-refractivity contribution in [2.45, 2.75) is 50.9 Å². The molecular formula is C29H36N4O5. The number of carbonyl (C=O) groups is 3. The fourth-order valence-corrected chi connectivity index (χ4v) is 6.77. The first-order valence-electron chi connectivity index (χ1n) is 13.4. The van der Waals surface area contributed by atoms with Crippen LogP contribution >= 0.6 is 0 Å². The van der Waals surface area contributed by atoms with Gasteiger partial charge in [0, 0.05) is 36.7 Å². The van der Waals surface area contributed by atoms with Crippen LogP contribution in [0.15, 0.2) is 54.6 Å². The lowest BCUT2D eigenvalue weighted by Gasteiger charge is -2.33. The highest BCUT2D eigenvalue weighted by Gasteiger charge is 2.77. The van der Waals surface area contributed by atoms with Crippen molar-refractivity contribution in [1.82, 2.24) is 4.90 Å². The summed E-state index contributed by atoms with van der Waals surface area (Å²) in [6.07, 6.45) is 1.04. The minimum atomic E-state index is -1.13. The van der Waals surface area contributed by atoms with Gasteiger partial charge in [0.2, 0.25) is 17.7 Å². The Hall–Kier alpha value is -3.43. The number of hydrogen-bond donors (Lipinski definition) is 3. The Kier molecular flexibility index (Phi) is 6.92. The number of nitrogens with one attached hydrogen (secondary N) is 2. The lowest BCUT2D eigenvalue weighted by molar-refractivity contribution is -0.143. The van der Waals surface area contributed by atoms with Crippen LogP contribution in [-0.2, 0) is 19.1 Å². The second-order valence-corrected chi connectivity index (χ2v) is 10.5. The van der Waals surface area contributed by atoms with Crippen molar-refractivity contribution in [3.05, 3.63) is 54.6 Å². The largest absolute Gasteiger partial charge is 0.395 e. The number of nitrogens with zero attached hydrogens (tertiary/aromatic N) is 2. The van der Waals surface area contributed by atoms with Gasteiger partial charge in [-0.2, -0.15) is 0 Å². The van der Waals surface area contributed by atoms with E-state index >= 15 is 0 Å². The van der Waals surface area contributed by atoms with E-state index in [1.165, 1.54) is 4.90 Å². The summed E-state index contributed by atoms with van der Waals surface area (Å²) in [5.74, 6) is -2.56. The number of aliphatic hydroxyl groups excluding tert-OH is 1. The molecule has 9 nitrogen and oxygen atoms in total. The smallest absolute Gasteiger partial charge is 0.250 e. The Labute approximate surface area is 223 Å². The zero-order valence-corrected chi connectivity index (χ0v) is 22.1. The number of amides is 3. The summed E-state index contributed by atoms with van der Waals surface area (Å²) < 4.78 is 6.57. The molecule has 3 aliphatic heterocycles. The Morgan fingerprint density at radius 3 is 2.26 bits per heavy atom. The lowest BCUT2D eigenvalue weighted by Crippen LogP contribution is -2.53. The van der Waals surface area contributed by atoms with Gasteiger partial charge in [0.25, 0.3) is 0 Å². The van der Waals surface area contributed by atoms with Crippen molar-refractivity contribution in [1.29, 1.82) is 0 Å². The molecule has 3 fully saturated rings. The van der Waals surface area contributed by atoms with Crippen LogP contribution < -0.4 is 15.5 Å². The summed E-state index contributed by atoms with van der Waals surface area (Å²) in [5, 5.41) is 15.7. The van der Waals surface area contributed by atoms with Crippen LogP contribution in [0.2, 0.25) is 0 Å². The van der Waals surface area contributed by atoms with Gasteiger partial charge in [-0.1, -0.05) is 18.2 Å². The third-order valence-electron chi connectivity index (χ3n) is 8.45. The van der Waals surface area contributed by atoms with Gasteiger partial charge in [0.15, 0.2) is 0 Å². The van der Waals surface area contributed by atoms with Crippen molar-refractivity contribution < 1.29 is 24.2 Å². The molecule has 3 N–H and O–H groups in total. The molecule has 0 aliphatic carbocycles. The average Bonchev–Trinajstić information content (AvgIpc) is 3.47. The fourth-order valence-electron chi connectivity index (χ4n) is 6.77. The lowest BCUT2D eigenvalue weighted by atomic mass is 9.66. The average molecular weight is 521 g/mol. The van der Waals surface area contributed by atoms with E-state index in [0.717, 1.165) is 18.8 Å². The first-order chi connectivity index (χ1) is 18.3. The maximum absolute atomic E-state index is 13.8. The molecule has 2 unspecified atom stereocenters. The van der Waals surface area contributed by atoms with Crippen LogP contribution in [0.25, 0.3) is 0 Å². The Bertz CT molecular complexity index is 1200. The molecule has 3 saturated heterocycles. The molecule has 5 atom stereocenters. The maximum atomic E-state index is 13.8. The quantitative estimate of drug-likeness (QED) is 0.469. The topological polar surface area (TPSA) is 111 Å². The molecule has 1 spiro atoms. The number of β-amino-alcohol motifs (C(OH)–C–C–N with tert-alkyl or cyclic N) is 1. The van der Waals surface area contributed by atoms with Crippen LogP contribution in [0.1, 0.15) is 33.6 Å². The highest BCUT2D eigenvalue weighted by molar-refractivity contribution is 6.05. The van der Waals surface area contributed by atoms with E-state index in [0.29, 0.717) is 24.2 Å². The first kappa shape index (κ1) is 26.2. The van der Waals surface area contributed by atoms with Crippen molar-refractivity contribution in [3.8, 4) is 0 Å². The third-order valence-corrected chi connectivity index (χ3v) is 8.45. The minimum absolute atomic E-state index is 0.0107. The monoisotopic (exact) mass is 520 g/mol. The Balaban J connectivity index is 1.43. The number of carbonyl (C=O) groups excluding carboxylic acids is 3. The molecule has 9 heteroatoms. The molecule has 2 bridgehead atoms. The molecule has 2 aromatic rings. The molecule has 0 aromatic heterocycles. The number of hydrogen-bond acceptors (Lipinski definition) is 6. The molecule has 38 heavy (non-hydrogen) atoms.